The molecule has 0 aromatic heterocycles. The predicted octanol–water partition coefficient (Wildman–Crippen LogP) is 3.43. The molecule has 0 fully saturated rings. The summed E-state index contributed by atoms with van der Waals surface area (Å²) in [5.41, 5.74) is 1.47. The molecule has 2 rings (SSSR count). The van der Waals surface area contributed by atoms with Crippen LogP contribution in [0.5, 0.6) is 0 Å². The summed E-state index contributed by atoms with van der Waals surface area (Å²) in [6, 6.07) is 9.60. The number of benzene rings is 2. The van der Waals surface area contributed by atoms with E-state index in [-0.39, 0.29) is 18.5 Å². The zero-order chi connectivity index (χ0) is 19.1. The van der Waals surface area contributed by atoms with Crippen LogP contribution in [-0.2, 0) is 9.53 Å². The Hall–Kier alpha value is -2.80. The van der Waals surface area contributed by atoms with Crippen LogP contribution in [0.2, 0.25) is 0 Å². The standard InChI is InChI=1S/C19H20F2N2O3/c1-3-26-19(25)13-4-7-15(8-5-13)23-18(24)11-22-12(2)14-6-9-16(20)17(21)10-14/h4-10,12,22H,3,11H2,1-2H3,(H,23,24)/t12-/m1/s1. The first-order valence-corrected chi connectivity index (χ1v) is 8.16. The second-order valence-corrected chi connectivity index (χ2v) is 5.62. The van der Waals surface area contributed by atoms with Gasteiger partial charge in [0.1, 0.15) is 0 Å². The van der Waals surface area contributed by atoms with E-state index in [9.17, 15) is 18.4 Å². The minimum absolute atomic E-state index is 0.0141. The lowest BCUT2D eigenvalue weighted by atomic mass is 10.1. The number of hydrogen-bond acceptors (Lipinski definition) is 4. The average Bonchev–Trinajstić information content (AvgIpc) is 2.62. The van der Waals surface area contributed by atoms with Crippen LogP contribution in [0, 0.1) is 11.6 Å². The van der Waals surface area contributed by atoms with Crippen molar-refractivity contribution in [2.24, 2.45) is 0 Å². The average molecular weight is 362 g/mol. The summed E-state index contributed by atoms with van der Waals surface area (Å²) in [7, 11) is 0. The fourth-order valence-electron chi connectivity index (χ4n) is 2.25. The number of carbonyl (C=O) groups excluding carboxylic acids is 2. The maximum absolute atomic E-state index is 13.2. The van der Waals surface area contributed by atoms with Gasteiger partial charge >= 0.3 is 5.97 Å². The molecule has 0 saturated heterocycles. The van der Waals surface area contributed by atoms with Gasteiger partial charge in [-0.1, -0.05) is 6.07 Å². The van der Waals surface area contributed by atoms with Gasteiger partial charge in [0, 0.05) is 11.7 Å². The SMILES string of the molecule is CCOC(=O)c1ccc(NC(=O)CN[C@H](C)c2ccc(F)c(F)c2)cc1. The number of carbonyl (C=O) groups is 2. The van der Waals surface area contributed by atoms with Crippen LogP contribution >= 0.6 is 0 Å². The summed E-state index contributed by atoms with van der Waals surface area (Å²) in [5.74, 6) is -2.57. The lowest BCUT2D eigenvalue weighted by Gasteiger charge is -2.14. The zero-order valence-corrected chi connectivity index (χ0v) is 14.5. The van der Waals surface area contributed by atoms with Crippen molar-refractivity contribution in [1.82, 2.24) is 5.32 Å². The number of nitrogens with one attached hydrogen (secondary N) is 2. The van der Waals surface area contributed by atoms with Gasteiger partial charge < -0.3 is 15.4 Å². The summed E-state index contributed by atoms with van der Waals surface area (Å²) >= 11 is 0. The number of amides is 1. The van der Waals surface area contributed by atoms with Crippen molar-refractivity contribution in [3.63, 3.8) is 0 Å². The Bertz CT molecular complexity index is 779. The van der Waals surface area contributed by atoms with Crippen LogP contribution < -0.4 is 10.6 Å². The fourth-order valence-corrected chi connectivity index (χ4v) is 2.25. The Morgan fingerprint density at radius 3 is 2.38 bits per heavy atom. The predicted molar refractivity (Wildman–Crippen MR) is 93.8 cm³/mol. The van der Waals surface area contributed by atoms with E-state index in [1.54, 1.807) is 38.1 Å². The summed E-state index contributed by atoms with van der Waals surface area (Å²) in [6.07, 6.45) is 0. The number of hydrogen-bond donors (Lipinski definition) is 2. The Balaban J connectivity index is 1.86. The second kappa shape index (κ2) is 9.05. The van der Waals surface area contributed by atoms with E-state index in [0.29, 0.717) is 23.4 Å². The number of anilines is 1. The molecule has 0 aliphatic rings. The van der Waals surface area contributed by atoms with Gasteiger partial charge in [-0.3, -0.25) is 4.79 Å². The number of ether oxygens (including phenoxy) is 1. The van der Waals surface area contributed by atoms with E-state index < -0.39 is 17.6 Å². The normalized spacial score (nSPS) is 11.7. The van der Waals surface area contributed by atoms with Crippen LogP contribution in [0.4, 0.5) is 14.5 Å². The molecule has 1 amide bonds. The van der Waals surface area contributed by atoms with Gasteiger partial charge in [0.25, 0.3) is 0 Å². The zero-order valence-electron chi connectivity index (χ0n) is 14.5. The minimum atomic E-state index is -0.928. The first-order valence-electron chi connectivity index (χ1n) is 8.16. The highest BCUT2D eigenvalue weighted by molar-refractivity contribution is 5.94. The smallest absolute Gasteiger partial charge is 0.338 e. The van der Waals surface area contributed by atoms with Crippen molar-refractivity contribution < 1.29 is 23.1 Å². The van der Waals surface area contributed by atoms with Crippen LogP contribution in [0.1, 0.15) is 35.8 Å². The van der Waals surface area contributed by atoms with Crippen LogP contribution in [-0.4, -0.2) is 25.0 Å². The molecule has 0 heterocycles. The molecule has 0 bridgehead atoms. The molecule has 2 N–H and O–H groups in total. The highest BCUT2D eigenvalue weighted by Crippen LogP contribution is 2.16. The summed E-state index contributed by atoms with van der Waals surface area (Å²) < 4.78 is 31.1. The fraction of sp³-hybridized carbons (Fsp3) is 0.263. The molecule has 0 aliphatic heterocycles. The van der Waals surface area contributed by atoms with Gasteiger partial charge in [0.15, 0.2) is 11.6 Å². The van der Waals surface area contributed by atoms with E-state index >= 15 is 0 Å². The van der Waals surface area contributed by atoms with E-state index in [1.807, 2.05) is 0 Å². The maximum Gasteiger partial charge on any atom is 0.338 e. The molecule has 138 valence electrons. The summed E-state index contributed by atoms with van der Waals surface area (Å²) in [6.45, 7) is 3.74. The van der Waals surface area contributed by atoms with Gasteiger partial charge in [0.2, 0.25) is 5.91 Å². The topological polar surface area (TPSA) is 67.4 Å². The molecule has 0 saturated carbocycles. The third-order valence-electron chi connectivity index (χ3n) is 3.69. The third kappa shape index (κ3) is 5.35. The van der Waals surface area contributed by atoms with Crippen molar-refractivity contribution in [2.45, 2.75) is 19.9 Å². The van der Waals surface area contributed by atoms with E-state index in [2.05, 4.69) is 10.6 Å². The highest BCUT2D eigenvalue weighted by Gasteiger charge is 2.11. The van der Waals surface area contributed by atoms with Gasteiger partial charge in [0.05, 0.1) is 18.7 Å². The van der Waals surface area contributed by atoms with Crippen molar-refractivity contribution in [1.29, 1.82) is 0 Å². The van der Waals surface area contributed by atoms with E-state index in [0.717, 1.165) is 12.1 Å². The molecule has 1 atom stereocenters. The Morgan fingerprint density at radius 2 is 1.77 bits per heavy atom. The first kappa shape index (κ1) is 19.5. The molecule has 0 spiro atoms. The number of esters is 1. The molecule has 0 radical (unpaired) electrons. The van der Waals surface area contributed by atoms with Crippen molar-refractivity contribution in [3.05, 3.63) is 65.2 Å². The monoisotopic (exact) mass is 362 g/mol. The van der Waals surface area contributed by atoms with Gasteiger partial charge in [-0.25, -0.2) is 13.6 Å². The van der Waals surface area contributed by atoms with E-state index in [1.165, 1.54) is 6.07 Å². The molecular formula is C19H20F2N2O3. The third-order valence-corrected chi connectivity index (χ3v) is 3.69. The molecule has 26 heavy (non-hydrogen) atoms. The first-order chi connectivity index (χ1) is 12.4. The molecule has 2 aromatic rings. The molecule has 2 aromatic carbocycles. The second-order valence-electron chi connectivity index (χ2n) is 5.62. The van der Waals surface area contributed by atoms with Gasteiger partial charge in [-0.2, -0.15) is 0 Å². The minimum Gasteiger partial charge on any atom is -0.462 e. The maximum atomic E-state index is 13.2. The molecular weight excluding hydrogens is 342 g/mol. The van der Waals surface area contributed by atoms with Crippen LogP contribution in [0.15, 0.2) is 42.5 Å². The van der Waals surface area contributed by atoms with Gasteiger partial charge in [-0.15, -0.1) is 0 Å². The van der Waals surface area contributed by atoms with Crippen molar-refractivity contribution >= 4 is 17.6 Å². The molecule has 7 heteroatoms. The quantitative estimate of drug-likeness (QED) is 0.741. The lowest BCUT2D eigenvalue weighted by molar-refractivity contribution is -0.115. The molecule has 5 nitrogen and oxygen atoms in total. The number of halogens is 2. The molecule has 0 aliphatic carbocycles. The Labute approximate surface area is 150 Å². The van der Waals surface area contributed by atoms with E-state index in [4.69, 9.17) is 4.74 Å². The Kier molecular flexibility index (Phi) is 6.80. The van der Waals surface area contributed by atoms with Crippen molar-refractivity contribution in [2.75, 3.05) is 18.5 Å². The lowest BCUT2D eigenvalue weighted by Crippen LogP contribution is -2.30. The van der Waals surface area contributed by atoms with Crippen LogP contribution in [0.25, 0.3) is 0 Å². The Morgan fingerprint density at radius 1 is 1.08 bits per heavy atom. The highest BCUT2D eigenvalue weighted by atomic mass is 19.2. The van der Waals surface area contributed by atoms with Gasteiger partial charge in [-0.05, 0) is 55.8 Å². The van der Waals surface area contributed by atoms with Crippen molar-refractivity contribution in [3.8, 4) is 0 Å². The summed E-state index contributed by atoms with van der Waals surface area (Å²) in [5, 5.41) is 5.62. The largest absolute Gasteiger partial charge is 0.462 e. The summed E-state index contributed by atoms with van der Waals surface area (Å²) in [4.78, 5) is 23.6. The number of rotatable bonds is 7. The molecule has 0 unspecified atom stereocenters. The van der Waals surface area contributed by atoms with Crippen LogP contribution in [0.3, 0.4) is 0 Å².